The van der Waals surface area contributed by atoms with Crippen molar-refractivity contribution in [2.45, 2.75) is 43.4 Å². The molecule has 39 heavy (non-hydrogen) atoms. The van der Waals surface area contributed by atoms with Gasteiger partial charge in [-0.05, 0) is 56.2 Å². The number of nitrogens with one attached hydrogen (secondary N) is 2. The van der Waals surface area contributed by atoms with Gasteiger partial charge < -0.3 is 24.8 Å². The normalized spacial score (nSPS) is 12.8. The van der Waals surface area contributed by atoms with Crippen molar-refractivity contribution in [3.63, 3.8) is 0 Å². The SMILES string of the molecule is COc1cc2c(cc1C(=O)O)ncn2CCC(C)(C)NC[C@H](O)c1cccc(NS(=O)(=O)c2ccccc2)c1. The summed E-state index contributed by atoms with van der Waals surface area (Å²) in [6, 6.07) is 18.0. The van der Waals surface area contributed by atoms with Crippen LogP contribution in [-0.4, -0.2) is 53.3 Å². The van der Waals surface area contributed by atoms with E-state index in [-0.39, 0.29) is 28.3 Å². The predicted molar refractivity (Wildman–Crippen MR) is 149 cm³/mol. The van der Waals surface area contributed by atoms with E-state index in [0.717, 1.165) is 5.52 Å². The predicted octanol–water partition coefficient (Wildman–Crippen LogP) is 4.04. The number of fused-ring (bicyclic) bond motifs is 1. The zero-order valence-corrected chi connectivity index (χ0v) is 22.8. The molecule has 0 amide bonds. The van der Waals surface area contributed by atoms with Crippen LogP contribution in [0.15, 0.2) is 78.0 Å². The second kappa shape index (κ2) is 11.4. The van der Waals surface area contributed by atoms with Gasteiger partial charge in [-0.25, -0.2) is 18.2 Å². The standard InChI is InChI=1S/C28H32N4O6S/c1-28(2,12-13-32-18-29-23-15-22(27(34)35)26(38-3)16-24(23)32)30-17-25(33)19-8-7-9-20(14-19)31-39(36,37)21-10-5-4-6-11-21/h4-11,14-16,18,25,30-31,33H,12-13,17H2,1-3H3,(H,34,35)/t25-/m0/s1. The number of benzene rings is 3. The van der Waals surface area contributed by atoms with Crippen molar-refractivity contribution in [3.05, 3.63) is 84.2 Å². The summed E-state index contributed by atoms with van der Waals surface area (Å²) in [6.07, 6.45) is 1.49. The molecule has 1 atom stereocenters. The lowest BCUT2D eigenvalue weighted by Crippen LogP contribution is -2.42. The second-order valence-corrected chi connectivity index (χ2v) is 11.5. The maximum Gasteiger partial charge on any atom is 0.339 e. The molecule has 11 heteroatoms. The average molecular weight is 553 g/mol. The molecule has 206 valence electrons. The van der Waals surface area contributed by atoms with E-state index in [1.54, 1.807) is 54.9 Å². The molecule has 0 aliphatic carbocycles. The minimum Gasteiger partial charge on any atom is -0.496 e. The van der Waals surface area contributed by atoms with Gasteiger partial charge in [-0.3, -0.25) is 4.72 Å². The lowest BCUT2D eigenvalue weighted by molar-refractivity contribution is 0.0693. The Labute approximate surface area is 227 Å². The number of anilines is 1. The topological polar surface area (TPSA) is 143 Å². The van der Waals surface area contributed by atoms with Gasteiger partial charge in [-0.15, -0.1) is 0 Å². The first-order valence-corrected chi connectivity index (χ1v) is 13.8. The molecule has 0 spiro atoms. The third-order valence-corrected chi connectivity index (χ3v) is 7.90. The number of β-amino-alcohol motifs (C(OH)–C–C–N with tert-alkyl or cyclic N) is 1. The molecule has 10 nitrogen and oxygen atoms in total. The van der Waals surface area contributed by atoms with Gasteiger partial charge >= 0.3 is 5.97 Å². The maximum atomic E-state index is 12.6. The second-order valence-electron chi connectivity index (χ2n) is 9.86. The summed E-state index contributed by atoms with van der Waals surface area (Å²) in [6.45, 7) is 4.89. The van der Waals surface area contributed by atoms with Gasteiger partial charge in [-0.1, -0.05) is 30.3 Å². The molecule has 4 aromatic rings. The fourth-order valence-corrected chi connectivity index (χ4v) is 5.27. The van der Waals surface area contributed by atoms with E-state index in [1.165, 1.54) is 25.3 Å². The first kappa shape index (κ1) is 28.1. The molecule has 4 rings (SSSR count). The summed E-state index contributed by atoms with van der Waals surface area (Å²) in [5, 5.41) is 23.6. The van der Waals surface area contributed by atoms with Crippen LogP contribution >= 0.6 is 0 Å². The fraction of sp³-hybridized carbons (Fsp3) is 0.286. The molecule has 0 bridgehead atoms. The summed E-state index contributed by atoms with van der Waals surface area (Å²) < 4.78 is 35.0. The van der Waals surface area contributed by atoms with Crippen LogP contribution in [0, 0.1) is 0 Å². The number of hydrogen-bond donors (Lipinski definition) is 4. The Hall–Kier alpha value is -3.93. The van der Waals surface area contributed by atoms with E-state index >= 15 is 0 Å². The van der Waals surface area contributed by atoms with Gasteiger partial charge in [0, 0.05) is 30.4 Å². The Morgan fingerprint density at radius 2 is 1.85 bits per heavy atom. The third kappa shape index (κ3) is 6.75. The van der Waals surface area contributed by atoms with E-state index in [1.807, 2.05) is 18.4 Å². The number of sulfonamides is 1. The molecule has 0 saturated carbocycles. The molecule has 0 fully saturated rings. The van der Waals surface area contributed by atoms with Crippen molar-refractivity contribution < 1.29 is 28.2 Å². The zero-order chi connectivity index (χ0) is 28.2. The van der Waals surface area contributed by atoms with Crippen molar-refractivity contribution in [1.82, 2.24) is 14.9 Å². The van der Waals surface area contributed by atoms with Gasteiger partial charge in [0.2, 0.25) is 0 Å². The van der Waals surface area contributed by atoms with E-state index in [0.29, 0.717) is 29.7 Å². The lowest BCUT2D eigenvalue weighted by atomic mass is 9.99. The first-order valence-electron chi connectivity index (χ1n) is 12.4. The molecule has 0 aliphatic rings. The van der Waals surface area contributed by atoms with Gasteiger partial charge in [-0.2, -0.15) is 0 Å². The summed E-state index contributed by atoms with van der Waals surface area (Å²) in [7, 11) is -2.31. The highest BCUT2D eigenvalue weighted by Gasteiger charge is 2.21. The minimum absolute atomic E-state index is 0.0585. The Morgan fingerprint density at radius 1 is 1.10 bits per heavy atom. The summed E-state index contributed by atoms with van der Waals surface area (Å²) in [5.74, 6) is -0.808. The molecule has 0 unspecified atom stereocenters. The van der Waals surface area contributed by atoms with Crippen LogP contribution in [0.4, 0.5) is 5.69 Å². The number of aromatic carboxylic acids is 1. The maximum absolute atomic E-state index is 12.6. The highest BCUT2D eigenvalue weighted by Crippen LogP contribution is 2.27. The Balaban J connectivity index is 1.38. The lowest BCUT2D eigenvalue weighted by Gasteiger charge is -2.28. The summed E-state index contributed by atoms with van der Waals surface area (Å²) in [4.78, 5) is 16.0. The number of rotatable bonds is 12. The van der Waals surface area contributed by atoms with E-state index in [2.05, 4.69) is 15.0 Å². The van der Waals surface area contributed by atoms with E-state index in [9.17, 15) is 23.4 Å². The monoisotopic (exact) mass is 552 g/mol. The first-order chi connectivity index (χ1) is 18.5. The minimum atomic E-state index is -3.74. The van der Waals surface area contributed by atoms with Crippen LogP contribution in [0.2, 0.25) is 0 Å². The number of imidazole rings is 1. The van der Waals surface area contributed by atoms with Gasteiger partial charge in [0.15, 0.2) is 0 Å². The number of hydrogen-bond acceptors (Lipinski definition) is 7. The number of aromatic nitrogens is 2. The van der Waals surface area contributed by atoms with Crippen LogP contribution in [0.1, 0.15) is 42.3 Å². The van der Waals surface area contributed by atoms with E-state index < -0.39 is 22.1 Å². The van der Waals surface area contributed by atoms with Crippen molar-refractivity contribution in [3.8, 4) is 5.75 Å². The van der Waals surface area contributed by atoms with Crippen LogP contribution in [0.5, 0.6) is 5.75 Å². The molecule has 0 aliphatic heterocycles. The number of nitrogens with zero attached hydrogens (tertiary/aromatic N) is 2. The number of ether oxygens (including phenoxy) is 1. The molecular formula is C28H32N4O6S. The smallest absolute Gasteiger partial charge is 0.339 e. The molecule has 0 saturated heterocycles. The number of aryl methyl sites for hydroxylation is 1. The largest absolute Gasteiger partial charge is 0.496 e. The molecule has 0 radical (unpaired) electrons. The highest BCUT2D eigenvalue weighted by molar-refractivity contribution is 7.92. The zero-order valence-electron chi connectivity index (χ0n) is 22.0. The number of carbonyl (C=O) groups is 1. The van der Waals surface area contributed by atoms with E-state index in [4.69, 9.17) is 4.74 Å². The summed E-state index contributed by atoms with van der Waals surface area (Å²) >= 11 is 0. The highest BCUT2D eigenvalue weighted by atomic mass is 32.2. The Kier molecular flexibility index (Phi) is 8.24. The Bertz CT molecular complexity index is 1570. The number of carboxylic acids is 1. The van der Waals surface area contributed by atoms with Crippen molar-refractivity contribution >= 4 is 32.7 Å². The van der Waals surface area contributed by atoms with Crippen LogP contribution in [-0.2, 0) is 16.6 Å². The van der Waals surface area contributed by atoms with Crippen molar-refractivity contribution in [2.24, 2.45) is 0 Å². The van der Waals surface area contributed by atoms with Crippen molar-refractivity contribution in [1.29, 1.82) is 0 Å². The van der Waals surface area contributed by atoms with Gasteiger partial charge in [0.25, 0.3) is 10.0 Å². The average Bonchev–Trinajstić information content (AvgIpc) is 3.32. The molecule has 1 heterocycles. The summed E-state index contributed by atoms with van der Waals surface area (Å²) in [5.41, 5.74) is 1.97. The van der Waals surface area contributed by atoms with Gasteiger partial charge in [0.05, 0.1) is 35.5 Å². The molecule has 1 aromatic heterocycles. The Morgan fingerprint density at radius 3 is 2.54 bits per heavy atom. The fourth-order valence-electron chi connectivity index (χ4n) is 4.20. The van der Waals surface area contributed by atoms with Gasteiger partial charge in [0.1, 0.15) is 11.3 Å². The number of methoxy groups -OCH3 is 1. The number of aliphatic hydroxyl groups is 1. The quantitative estimate of drug-likeness (QED) is 0.206. The van der Waals surface area contributed by atoms with Crippen LogP contribution in [0.25, 0.3) is 11.0 Å². The molecule has 4 N–H and O–H groups in total. The number of carboxylic acid groups (broad SMARTS) is 1. The third-order valence-electron chi connectivity index (χ3n) is 6.50. The van der Waals surface area contributed by atoms with Crippen LogP contribution < -0.4 is 14.8 Å². The van der Waals surface area contributed by atoms with Crippen LogP contribution in [0.3, 0.4) is 0 Å². The molecule has 3 aromatic carbocycles. The molecular weight excluding hydrogens is 520 g/mol. The number of aliphatic hydroxyl groups excluding tert-OH is 1. The van der Waals surface area contributed by atoms with Crippen molar-refractivity contribution in [2.75, 3.05) is 18.4 Å².